The van der Waals surface area contributed by atoms with Crippen molar-refractivity contribution in [1.29, 1.82) is 0 Å². The molecule has 0 aromatic heterocycles. The molecule has 0 aliphatic carbocycles. The van der Waals surface area contributed by atoms with E-state index < -0.39 is 15.9 Å². The van der Waals surface area contributed by atoms with Crippen molar-refractivity contribution in [3.8, 4) is 5.75 Å². The third-order valence-corrected chi connectivity index (χ3v) is 6.49. The number of ether oxygens (including phenoxy) is 1. The Labute approximate surface area is 187 Å². The molecule has 0 spiro atoms. The van der Waals surface area contributed by atoms with Gasteiger partial charge in [-0.2, -0.15) is 0 Å². The number of anilines is 1. The molecule has 1 amide bonds. The zero-order chi connectivity index (χ0) is 22.6. The highest BCUT2D eigenvalue weighted by Gasteiger charge is 2.23. The van der Waals surface area contributed by atoms with Crippen LogP contribution in [0.15, 0.2) is 71.6 Å². The van der Waals surface area contributed by atoms with Crippen LogP contribution in [-0.4, -0.2) is 21.4 Å². The van der Waals surface area contributed by atoms with E-state index in [2.05, 4.69) is 10.0 Å². The van der Waals surface area contributed by atoms with E-state index >= 15 is 0 Å². The lowest BCUT2D eigenvalue weighted by molar-refractivity contribution is 0.0939. The monoisotopic (exact) mass is 458 g/mol. The van der Waals surface area contributed by atoms with Crippen LogP contribution in [0.5, 0.6) is 5.75 Å². The van der Waals surface area contributed by atoms with Crippen LogP contribution >= 0.6 is 11.6 Å². The van der Waals surface area contributed by atoms with E-state index in [1.807, 2.05) is 25.1 Å². The summed E-state index contributed by atoms with van der Waals surface area (Å²) in [4.78, 5) is 12.7. The standard InChI is InChI=1S/C23H23ClN2O4S/c1-15-8-11-18(12-9-15)26-31(28,29)22-14-17(10-13-21(22)30-3)23(27)25-16(2)19-6-4-5-7-20(19)24/h4-14,16,26H,1-3H3,(H,25,27). The fourth-order valence-corrected chi connectivity index (χ4v) is 4.60. The number of methoxy groups -OCH3 is 1. The molecule has 1 atom stereocenters. The van der Waals surface area contributed by atoms with Crippen LogP contribution in [0.3, 0.4) is 0 Å². The van der Waals surface area contributed by atoms with E-state index in [9.17, 15) is 13.2 Å². The van der Waals surface area contributed by atoms with Crippen molar-refractivity contribution in [3.05, 3.63) is 88.4 Å². The Morgan fingerprint density at radius 1 is 1.03 bits per heavy atom. The van der Waals surface area contributed by atoms with E-state index in [4.69, 9.17) is 16.3 Å². The Bertz CT molecular complexity index is 1190. The highest BCUT2D eigenvalue weighted by Crippen LogP contribution is 2.28. The highest BCUT2D eigenvalue weighted by molar-refractivity contribution is 7.92. The number of hydrogen-bond acceptors (Lipinski definition) is 4. The first-order chi connectivity index (χ1) is 14.7. The van der Waals surface area contributed by atoms with Crippen LogP contribution in [0, 0.1) is 6.92 Å². The summed E-state index contributed by atoms with van der Waals surface area (Å²) >= 11 is 6.20. The first kappa shape index (κ1) is 22.7. The van der Waals surface area contributed by atoms with E-state index in [-0.39, 0.29) is 22.3 Å². The zero-order valence-corrected chi connectivity index (χ0v) is 18.9. The van der Waals surface area contributed by atoms with Crippen LogP contribution < -0.4 is 14.8 Å². The Morgan fingerprint density at radius 3 is 2.35 bits per heavy atom. The second kappa shape index (κ2) is 9.41. The van der Waals surface area contributed by atoms with Gasteiger partial charge in [0.25, 0.3) is 15.9 Å². The van der Waals surface area contributed by atoms with Gasteiger partial charge in [0, 0.05) is 16.3 Å². The molecule has 2 N–H and O–H groups in total. The number of rotatable bonds is 7. The van der Waals surface area contributed by atoms with Gasteiger partial charge < -0.3 is 10.1 Å². The van der Waals surface area contributed by atoms with Gasteiger partial charge in [-0.1, -0.05) is 47.5 Å². The van der Waals surface area contributed by atoms with Crippen LogP contribution in [0.4, 0.5) is 5.69 Å². The molecular formula is C23H23ClN2O4S. The summed E-state index contributed by atoms with van der Waals surface area (Å²) in [7, 11) is -2.61. The van der Waals surface area contributed by atoms with Gasteiger partial charge in [0.2, 0.25) is 0 Å². The van der Waals surface area contributed by atoms with E-state index in [0.717, 1.165) is 11.1 Å². The lowest BCUT2D eigenvalue weighted by Crippen LogP contribution is -2.27. The molecular weight excluding hydrogens is 436 g/mol. The molecule has 6 nitrogen and oxygen atoms in total. The van der Waals surface area contributed by atoms with Gasteiger partial charge in [-0.25, -0.2) is 8.42 Å². The van der Waals surface area contributed by atoms with Gasteiger partial charge in [-0.05, 0) is 55.8 Å². The molecule has 162 valence electrons. The van der Waals surface area contributed by atoms with Crippen LogP contribution in [-0.2, 0) is 10.0 Å². The van der Waals surface area contributed by atoms with E-state index in [0.29, 0.717) is 10.7 Å². The summed E-state index contributed by atoms with van der Waals surface area (Å²) in [6.07, 6.45) is 0. The summed E-state index contributed by atoms with van der Waals surface area (Å²) in [6.45, 7) is 3.71. The summed E-state index contributed by atoms with van der Waals surface area (Å²) in [6, 6.07) is 18.0. The second-order valence-corrected chi connectivity index (χ2v) is 9.11. The quantitative estimate of drug-likeness (QED) is 0.524. The molecule has 0 radical (unpaired) electrons. The molecule has 0 aliphatic rings. The molecule has 3 aromatic carbocycles. The van der Waals surface area contributed by atoms with Crippen molar-refractivity contribution in [3.63, 3.8) is 0 Å². The molecule has 1 unspecified atom stereocenters. The van der Waals surface area contributed by atoms with Crippen LogP contribution in [0.1, 0.15) is 34.5 Å². The number of hydrogen-bond donors (Lipinski definition) is 2. The minimum absolute atomic E-state index is 0.131. The smallest absolute Gasteiger partial charge is 0.265 e. The molecule has 0 saturated heterocycles. The summed E-state index contributed by atoms with van der Waals surface area (Å²) < 4.78 is 33.7. The lowest BCUT2D eigenvalue weighted by Gasteiger charge is -2.17. The highest BCUT2D eigenvalue weighted by atomic mass is 35.5. The minimum atomic E-state index is -3.99. The van der Waals surface area contributed by atoms with Crippen molar-refractivity contribution in [2.75, 3.05) is 11.8 Å². The predicted octanol–water partition coefficient (Wildman–Crippen LogP) is 4.95. The minimum Gasteiger partial charge on any atom is -0.495 e. The molecule has 0 fully saturated rings. The number of carbonyl (C=O) groups excluding carboxylic acids is 1. The largest absolute Gasteiger partial charge is 0.495 e. The summed E-state index contributed by atoms with van der Waals surface area (Å²) in [5.41, 5.74) is 2.37. The SMILES string of the molecule is COc1ccc(C(=O)NC(C)c2ccccc2Cl)cc1S(=O)(=O)Nc1ccc(C)cc1. The maximum Gasteiger partial charge on any atom is 0.265 e. The van der Waals surface area contributed by atoms with Gasteiger partial charge >= 0.3 is 0 Å². The normalized spacial score (nSPS) is 12.1. The van der Waals surface area contributed by atoms with Gasteiger partial charge in [-0.15, -0.1) is 0 Å². The molecule has 3 rings (SSSR count). The predicted molar refractivity (Wildman–Crippen MR) is 122 cm³/mol. The number of nitrogens with one attached hydrogen (secondary N) is 2. The zero-order valence-electron chi connectivity index (χ0n) is 17.3. The van der Waals surface area contributed by atoms with Crippen LogP contribution in [0.25, 0.3) is 0 Å². The molecule has 0 aliphatic heterocycles. The maximum absolute atomic E-state index is 13.0. The van der Waals surface area contributed by atoms with Gasteiger partial charge in [0.15, 0.2) is 0 Å². The van der Waals surface area contributed by atoms with Crippen LogP contribution in [0.2, 0.25) is 5.02 Å². The topological polar surface area (TPSA) is 84.5 Å². The van der Waals surface area contributed by atoms with Gasteiger partial charge in [0.05, 0.1) is 13.2 Å². The maximum atomic E-state index is 13.0. The summed E-state index contributed by atoms with van der Waals surface area (Å²) in [5, 5.41) is 3.38. The first-order valence-electron chi connectivity index (χ1n) is 9.54. The van der Waals surface area contributed by atoms with Crippen molar-refractivity contribution >= 4 is 33.2 Å². The van der Waals surface area contributed by atoms with Crippen molar-refractivity contribution in [1.82, 2.24) is 5.32 Å². The van der Waals surface area contributed by atoms with Crippen molar-refractivity contribution in [2.45, 2.75) is 24.8 Å². The molecule has 8 heteroatoms. The third kappa shape index (κ3) is 5.37. The molecule has 0 saturated carbocycles. The Balaban J connectivity index is 1.88. The Hall–Kier alpha value is -3.03. The third-order valence-electron chi connectivity index (χ3n) is 4.74. The average molecular weight is 459 g/mol. The van der Waals surface area contributed by atoms with Crippen molar-refractivity contribution in [2.24, 2.45) is 0 Å². The number of amides is 1. The van der Waals surface area contributed by atoms with Gasteiger partial charge in [-0.3, -0.25) is 9.52 Å². The summed E-state index contributed by atoms with van der Waals surface area (Å²) in [5.74, 6) is -0.294. The number of benzene rings is 3. The lowest BCUT2D eigenvalue weighted by atomic mass is 10.1. The van der Waals surface area contributed by atoms with E-state index in [1.54, 1.807) is 37.3 Å². The number of halogens is 1. The first-order valence-corrected chi connectivity index (χ1v) is 11.4. The fourth-order valence-electron chi connectivity index (χ4n) is 3.04. The second-order valence-electron chi connectivity index (χ2n) is 7.05. The fraction of sp³-hybridized carbons (Fsp3) is 0.174. The number of carbonyl (C=O) groups is 1. The number of sulfonamides is 1. The average Bonchev–Trinajstić information content (AvgIpc) is 2.75. The Kier molecular flexibility index (Phi) is 6.87. The van der Waals surface area contributed by atoms with Gasteiger partial charge in [0.1, 0.15) is 10.6 Å². The Morgan fingerprint density at radius 2 is 1.71 bits per heavy atom. The number of aryl methyl sites for hydroxylation is 1. The van der Waals surface area contributed by atoms with Crippen molar-refractivity contribution < 1.29 is 17.9 Å². The molecule has 31 heavy (non-hydrogen) atoms. The molecule has 0 heterocycles. The van der Waals surface area contributed by atoms with E-state index in [1.165, 1.54) is 25.3 Å². The molecule has 3 aromatic rings. The molecule has 0 bridgehead atoms.